The number of benzene rings is 3. The number of H-pyrrole nitrogens is 2. The van der Waals surface area contributed by atoms with E-state index in [1.54, 1.807) is 42.5 Å². The highest BCUT2D eigenvalue weighted by atomic mass is 19.2. The van der Waals surface area contributed by atoms with E-state index in [0.717, 1.165) is 17.7 Å². The van der Waals surface area contributed by atoms with E-state index in [0.29, 0.717) is 51.3 Å². The molecule has 0 saturated heterocycles. The van der Waals surface area contributed by atoms with Crippen LogP contribution in [0.5, 0.6) is 0 Å². The first-order valence-electron chi connectivity index (χ1n) is 10.4. The highest BCUT2D eigenvalue weighted by Gasteiger charge is 2.13. The van der Waals surface area contributed by atoms with Crippen molar-refractivity contribution in [1.29, 1.82) is 0 Å². The fraction of sp³-hybridized carbons (Fsp3) is 0.0833. The van der Waals surface area contributed by atoms with Crippen LogP contribution in [-0.4, -0.2) is 38.3 Å². The number of para-hydroxylation sites is 1. The molecule has 0 aliphatic heterocycles. The molecule has 34 heavy (non-hydrogen) atoms. The first-order chi connectivity index (χ1) is 16.4. The van der Waals surface area contributed by atoms with Gasteiger partial charge in [-0.25, -0.2) is 18.7 Å². The largest absolute Gasteiger partial charge is 0.366 e. The van der Waals surface area contributed by atoms with E-state index in [9.17, 15) is 18.4 Å². The van der Waals surface area contributed by atoms with Crippen LogP contribution in [-0.2, 0) is 6.42 Å². The van der Waals surface area contributed by atoms with E-state index in [1.165, 1.54) is 0 Å². The number of nitrogens with two attached hydrogens (primary N) is 1. The van der Waals surface area contributed by atoms with Gasteiger partial charge in [0.25, 0.3) is 11.8 Å². The standard InChI is InChI=1S/C24H18F2N6O2/c25-15-10-18-19(11-16(15)26)30-20(29-18)8-9-28-24(34)13-6-4-12(5-7-13)23-31-17-3-1-2-14(22(27)33)21(17)32-23/h1-7,10-11H,8-9H2,(H2,27,33)(H,28,34)(H,29,30)(H,31,32). The van der Waals surface area contributed by atoms with Crippen molar-refractivity contribution in [3.8, 4) is 11.4 Å². The number of nitrogens with zero attached hydrogens (tertiary/aromatic N) is 2. The van der Waals surface area contributed by atoms with Crippen LogP contribution in [0.3, 0.4) is 0 Å². The average molecular weight is 460 g/mol. The summed E-state index contributed by atoms with van der Waals surface area (Å²) in [6, 6.07) is 14.1. The maximum absolute atomic E-state index is 13.3. The van der Waals surface area contributed by atoms with Crippen molar-refractivity contribution in [2.24, 2.45) is 5.73 Å². The monoisotopic (exact) mass is 460 g/mol. The number of primary amides is 1. The summed E-state index contributed by atoms with van der Waals surface area (Å²) in [5.74, 6) is -1.68. The minimum absolute atomic E-state index is 0.277. The van der Waals surface area contributed by atoms with Gasteiger partial charge in [0.1, 0.15) is 17.2 Å². The molecule has 0 saturated carbocycles. The number of rotatable bonds is 6. The molecule has 0 unspecified atom stereocenters. The van der Waals surface area contributed by atoms with Crippen molar-refractivity contribution in [1.82, 2.24) is 25.3 Å². The van der Waals surface area contributed by atoms with Gasteiger partial charge in [-0.05, 0) is 24.3 Å². The van der Waals surface area contributed by atoms with Crippen molar-refractivity contribution in [3.05, 3.63) is 83.2 Å². The summed E-state index contributed by atoms with van der Waals surface area (Å²) >= 11 is 0. The lowest BCUT2D eigenvalue weighted by Gasteiger charge is -2.05. The molecule has 2 heterocycles. The molecule has 10 heteroatoms. The quantitative estimate of drug-likeness (QED) is 0.309. The Hall–Kier alpha value is -4.60. The number of hydrogen-bond donors (Lipinski definition) is 4. The van der Waals surface area contributed by atoms with Gasteiger partial charge in [-0.15, -0.1) is 0 Å². The van der Waals surface area contributed by atoms with Gasteiger partial charge < -0.3 is 21.0 Å². The van der Waals surface area contributed by atoms with Crippen LogP contribution in [0.4, 0.5) is 8.78 Å². The van der Waals surface area contributed by atoms with Gasteiger partial charge in [0.2, 0.25) is 0 Å². The molecule has 2 aromatic heterocycles. The predicted octanol–water partition coefficient (Wildman–Crippen LogP) is 3.46. The van der Waals surface area contributed by atoms with E-state index in [1.807, 2.05) is 0 Å². The topological polar surface area (TPSA) is 130 Å². The van der Waals surface area contributed by atoms with E-state index in [4.69, 9.17) is 5.73 Å². The Labute approximate surface area is 191 Å². The number of fused-ring (bicyclic) bond motifs is 2. The second kappa shape index (κ2) is 8.39. The van der Waals surface area contributed by atoms with Gasteiger partial charge in [-0.1, -0.05) is 18.2 Å². The number of halogens is 2. The number of aromatic nitrogens is 4. The first kappa shape index (κ1) is 21.3. The van der Waals surface area contributed by atoms with E-state index in [-0.39, 0.29) is 12.5 Å². The molecule has 0 aliphatic rings. The van der Waals surface area contributed by atoms with Gasteiger partial charge in [-0.2, -0.15) is 0 Å². The van der Waals surface area contributed by atoms with Crippen LogP contribution >= 0.6 is 0 Å². The SMILES string of the molecule is NC(=O)c1cccc2[nH]c(-c3ccc(C(=O)NCCc4nc5cc(F)c(F)cc5[nH]4)cc3)nc12. The molecule has 170 valence electrons. The molecule has 0 atom stereocenters. The van der Waals surface area contributed by atoms with Gasteiger partial charge in [0, 0.05) is 36.2 Å². The van der Waals surface area contributed by atoms with Crippen molar-refractivity contribution < 1.29 is 18.4 Å². The van der Waals surface area contributed by atoms with Gasteiger partial charge >= 0.3 is 0 Å². The summed E-state index contributed by atoms with van der Waals surface area (Å²) in [5.41, 5.74) is 8.83. The minimum atomic E-state index is -0.960. The molecular formula is C24H18F2N6O2. The van der Waals surface area contributed by atoms with E-state index in [2.05, 4.69) is 25.3 Å². The Balaban J connectivity index is 1.25. The number of carbonyl (C=O) groups is 2. The van der Waals surface area contributed by atoms with E-state index >= 15 is 0 Å². The third kappa shape index (κ3) is 3.96. The number of aromatic amines is 2. The Morgan fingerprint density at radius 1 is 0.941 bits per heavy atom. The smallest absolute Gasteiger partial charge is 0.251 e. The van der Waals surface area contributed by atoms with Crippen LogP contribution in [0.25, 0.3) is 33.5 Å². The van der Waals surface area contributed by atoms with Crippen molar-refractivity contribution in [2.45, 2.75) is 6.42 Å². The summed E-state index contributed by atoms with van der Waals surface area (Å²) in [7, 11) is 0. The Morgan fingerprint density at radius 3 is 2.47 bits per heavy atom. The van der Waals surface area contributed by atoms with Crippen LogP contribution in [0, 0.1) is 11.6 Å². The molecule has 0 fully saturated rings. The normalized spacial score (nSPS) is 11.2. The van der Waals surface area contributed by atoms with Crippen molar-refractivity contribution in [2.75, 3.05) is 6.54 Å². The zero-order valence-electron chi connectivity index (χ0n) is 17.7. The van der Waals surface area contributed by atoms with Crippen molar-refractivity contribution in [3.63, 3.8) is 0 Å². The lowest BCUT2D eigenvalue weighted by atomic mass is 10.1. The molecule has 5 N–H and O–H groups in total. The maximum Gasteiger partial charge on any atom is 0.251 e. The molecule has 5 rings (SSSR count). The van der Waals surface area contributed by atoms with Crippen LogP contribution in [0.15, 0.2) is 54.6 Å². The first-order valence-corrected chi connectivity index (χ1v) is 10.4. The Morgan fingerprint density at radius 2 is 1.71 bits per heavy atom. The zero-order chi connectivity index (χ0) is 23.8. The molecule has 8 nitrogen and oxygen atoms in total. The molecule has 2 amide bonds. The number of carbonyl (C=O) groups excluding carboxylic acids is 2. The van der Waals surface area contributed by atoms with Gasteiger partial charge in [0.15, 0.2) is 11.6 Å². The van der Waals surface area contributed by atoms with Crippen molar-refractivity contribution >= 4 is 33.9 Å². The fourth-order valence-corrected chi connectivity index (χ4v) is 3.72. The summed E-state index contributed by atoms with van der Waals surface area (Å²) < 4.78 is 26.7. The molecular weight excluding hydrogens is 442 g/mol. The fourth-order valence-electron chi connectivity index (χ4n) is 3.72. The Bertz CT molecular complexity index is 1520. The Kier molecular flexibility index (Phi) is 5.25. The summed E-state index contributed by atoms with van der Waals surface area (Å²) in [5, 5.41) is 2.79. The highest BCUT2D eigenvalue weighted by molar-refractivity contribution is 6.04. The van der Waals surface area contributed by atoms with Gasteiger partial charge in [-0.3, -0.25) is 9.59 Å². The lowest BCUT2D eigenvalue weighted by Crippen LogP contribution is -2.25. The second-order valence-corrected chi connectivity index (χ2v) is 7.70. The molecule has 0 aliphatic carbocycles. The van der Waals surface area contributed by atoms with E-state index < -0.39 is 17.5 Å². The zero-order valence-corrected chi connectivity index (χ0v) is 17.7. The third-order valence-electron chi connectivity index (χ3n) is 5.42. The number of hydrogen-bond acceptors (Lipinski definition) is 4. The summed E-state index contributed by atoms with van der Waals surface area (Å²) in [6.07, 6.45) is 0.364. The highest BCUT2D eigenvalue weighted by Crippen LogP contribution is 2.23. The third-order valence-corrected chi connectivity index (χ3v) is 5.42. The van der Waals surface area contributed by atoms with Crippen LogP contribution < -0.4 is 11.1 Å². The lowest BCUT2D eigenvalue weighted by molar-refractivity contribution is 0.0952. The molecule has 3 aromatic carbocycles. The number of imidazole rings is 2. The number of nitrogens with one attached hydrogen (secondary N) is 3. The maximum atomic E-state index is 13.3. The predicted molar refractivity (Wildman–Crippen MR) is 122 cm³/mol. The van der Waals surface area contributed by atoms with Crippen LogP contribution in [0.1, 0.15) is 26.5 Å². The molecule has 0 radical (unpaired) electrons. The van der Waals surface area contributed by atoms with Gasteiger partial charge in [0.05, 0.1) is 22.1 Å². The molecule has 0 spiro atoms. The molecule has 5 aromatic rings. The minimum Gasteiger partial charge on any atom is -0.366 e. The average Bonchev–Trinajstić information content (AvgIpc) is 3.42. The molecule has 0 bridgehead atoms. The summed E-state index contributed by atoms with van der Waals surface area (Å²) in [6.45, 7) is 0.283. The van der Waals surface area contributed by atoms with Crippen LogP contribution in [0.2, 0.25) is 0 Å². The number of amides is 2. The summed E-state index contributed by atoms with van der Waals surface area (Å²) in [4.78, 5) is 38.9. The second-order valence-electron chi connectivity index (χ2n) is 7.70.